The summed E-state index contributed by atoms with van der Waals surface area (Å²) in [7, 11) is 0. The lowest BCUT2D eigenvalue weighted by Gasteiger charge is -2.23. The Morgan fingerprint density at radius 3 is 2.51 bits per heavy atom. The fraction of sp³-hybridized carbons (Fsp3) is 0.115. The predicted molar refractivity (Wildman–Crippen MR) is 130 cm³/mol. The molecule has 8 nitrogen and oxygen atoms in total. The highest BCUT2D eigenvalue weighted by molar-refractivity contribution is 7.22. The van der Waals surface area contributed by atoms with Crippen LogP contribution in [-0.4, -0.2) is 37.8 Å². The summed E-state index contributed by atoms with van der Waals surface area (Å²) in [4.78, 5) is 48.0. The quantitative estimate of drug-likeness (QED) is 0.396. The third kappa shape index (κ3) is 4.17. The average molecular weight is 486 g/mol. The lowest BCUT2D eigenvalue weighted by molar-refractivity contribution is -0.118. The number of rotatable bonds is 7. The van der Waals surface area contributed by atoms with Crippen molar-refractivity contribution in [2.24, 2.45) is 0 Å². The van der Waals surface area contributed by atoms with Gasteiger partial charge in [0.05, 0.1) is 27.0 Å². The molecule has 2 N–H and O–H groups in total. The third-order valence-corrected chi connectivity index (χ3v) is 6.81. The van der Waals surface area contributed by atoms with Gasteiger partial charge in [-0.2, -0.15) is 0 Å². The summed E-state index contributed by atoms with van der Waals surface area (Å²) in [6.07, 6.45) is 2.12. The summed E-state index contributed by atoms with van der Waals surface area (Å²) >= 11 is 1.11. The molecule has 2 aromatic carbocycles. The van der Waals surface area contributed by atoms with E-state index in [0.717, 1.165) is 16.9 Å². The first-order valence-electron chi connectivity index (χ1n) is 10.8. The number of aliphatic hydroxyl groups is 1. The van der Waals surface area contributed by atoms with Crippen LogP contribution in [0.3, 0.4) is 0 Å². The minimum Gasteiger partial charge on any atom is -0.503 e. The number of aromatic nitrogens is 2. The van der Waals surface area contributed by atoms with E-state index in [4.69, 9.17) is 0 Å². The maximum absolute atomic E-state index is 13.3. The smallest absolute Gasteiger partial charge is 0.335 e. The molecular formula is C26H19N3O5S. The molecule has 0 saturated carbocycles. The van der Waals surface area contributed by atoms with E-state index in [9.17, 15) is 24.6 Å². The molecule has 2 aromatic heterocycles. The lowest BCUT2D eigenvalue weighted by Crippen LogP contribution is -2.31. The number of aliphatic hydroxyl groups excluding tert-OH is 1. The van der Waals surface area contributed by atoms with Crippen molar-refractivity contribution in [2.45, 2.75) is 18.9 Å². The van der Waals surface area contributed by atoms with Gasteiger partial charge in [-0.15, -0.1) is 0 Å². The number of aryl methyl sites for hydroxylation is 1. The van der Waals surface area contributed by atoms with E-state index in [1.807, 2.05) is 30.3 Å². The van der Waals surface area contributed by atoms with Crippen LogP contribution >= 0.6 is 11.3 Å². The Bertz CT molecular complexity index is 1480. The number of thiazole rings is 1. The Morgan fingerprint density at radius 1 is 1.03 bits per heavy atom. The first-order valence-corrected chi connectivity index (χ1v) is 11.6. The lowest BCUT2D eigenvalue weighted by atomic mass is 9.96. The van der Waals surface area contributed by atoms with E-state index in [0.29, 0.717) is 22.3 Å². The van der Waals surface area contributed by atoms with Crippen LogP contribution in [0, 0.1) is 0 Å². The van der Waals surface area contributed by atoms with Crippen molar-refractivity contribution in [3.63, 3.8) is 0 Å². The van der Waals surface area contributed by atoms with Gasteiger partial charge in [-0.25, -0.2) is 9.78 Å². The van der Waals surface area contributed by atoms with Gasteiger partial charge < -0.3 is 10.2 Å². The van der Waals surface area contributed by atoms with Gasteiger partial charge in [0.15, 0.2) is 16.7 Å². The summed E-state index contributed by atoms with van der Waals surface area (Å²) in [5.41, 5.74) is 1.97. The molecular weight excluding hydrogens is 466 g/mol. The Morgan fingerprint density at radius 2 is 1.80 bits per heavy atom. The topological polar surface area (TPSA) is 121 Å². The minimum absolute atomic E-state index is 0.0184. The van der Waals surface area contributed by atoms with Crippen molar-refractivity contribution in [1.29, 1.82) is 0 Å². The van der Waals surface area contributed by atoms with E-state index in [2.05, 4.69) is 9.97 Å². The molecule has 1 aliphatic heterocycles. The maximum Gasteiger partial charge on any atom is 0.335 e. The summed E-state index contributed by atoms with van der Waals surface area (Å²) in [6.45, 7) is 0. The monoisotopic (exact) mass is 485 g/mol. The normalized spacial score (nSPS) is 15.7. The number of hydrogen-bond donors (Lipinski definition) is 2. The zero-order chi connectivity index (χ0) is 24.5. The number of Topliss-reactive ketones (excluding diaryl/α,β-unsaturated/α-hetero) is 1. The standard InChI is InChI=1S/C26H19N3O5S/c30-19(12-9-15-6-2-1-3-7-15)21-22(18-8-4-5-13-27-18)29(24(32)23(21)31)26-28-17-11-10-16(25(33)34)14-20(17)35-26/h1-8,10-11,13-14,22,31H,9,12H2,(H,33,34). The van der Waals surface area contributed by atoms with Crippen LogP contribution in [0.15, 0.2) is 84.3 Å². The Labute approximate surface area is 203 Å². The number of pyridine rings is 1. The van der Waals surface area contributed by atoms with Crippen LogP contribution in [-0.2, 0) is 16.0 Å². The summed E-state index contributed by atoms with van der Waals surface area (Å²) in [5, 5.41) is 20.3. The van der Waals surface area contributed by atoms with Crippen molar-refractivity contribution >= 4 is 44.3 Å². The molecule has 1 unspecified atom stereocenters. The highest BCUT2D eigenvalue weighted by Gasteiger charge is 2.46. The average Bonchev–Trinajstić information content (AvgIpc) is 3.41. The molecule has 9 heteroatoms. The summed E-state index contributed by atoms with van der Waals surface area (Å²) < 4.78 is 0.566. The number of fused-ring (bicyclic) bond motifs is 1. The molecule has 174 valence electrons. The number of amides is 1. The zero-order valence-electron chi connectivity index (χ0n) is 18.3. The third-order valence-electron chi connectivity index (χ3n) is 5.79. The van der Waals surface area contributed by atoms with Crippen molar-refractivity contribution in [3.05, 3.63) is 101 Å². The number of carbonyl (C=O) groups excluding carboxylic acids is 2. The Balaban J connectivity index is 1.54. The van der Waals surface area contributed by atoms with Gasteiger partial charge in [-0.1, -0.05) is 47.7 Å². The summed E-state index contributed by atoms with van der Waals surface area (Å²) in [6, 6.07) is 18.2. The number of carbonyl (C=O) groups is 3. The number of aromatic carboxylic acids is 1. The predicted octanol–water partition coefficient (Wildman–Crippen LogP) is 4.49. The Kier molecular flexibility index (Phi) is 5.84. The molecule has 0 radical (unpaired) electrons. The van der Waals surface area contributed by atoms with Crippen molar-refractivity contribution < 1.29 is 24.6 Å². The molecule has 0 spiro atoms. The van der Waals surface area contributed by atoms with E-state index < -0.39 is 23.7 Å². The molecule has 1 amide bonds. The molecule has 0 fully saturated rings. The van der Waals surface area contributed by atoms with Crippen LogP contribution in [0.1, 0.15) is 34.1 Å². The van der Waals surface area contributed by atoms with Crippen LogP contribution in [0.5, 0.6) is 0 Å². The van der Waals surface area contributed by atoms with Crippen LogP contribution < -0.4 is 4.90 Å². The highest BCUT2D eigenvalue weighted by Crippen LogP contribution is 2.43. The Hall–Kier alpha value is -4.37. The number of carboxylic acids is 1. The highest BCUT2D eigenvalue weighted by atomic mass is 32.1. The van der Waals surface area contributed by atoms with E-state index in [1.54, 1.807) is 30.5 Å². The van der Waals surface area contributed by atoms with E-state index in [1.165, 1.54) is 17.0 Å². The fourth-order valence-electron chi connectivity index (χ4n) is 4.09. The second kappa shape index (κ2) is 9.11. The SMILES string of the molecule is O=C(CCc1ccccc1)C1=C(O)C(=O)N(c2nc3ccc(C(=O)O)cc3s2)C1c1ccccn1. The van der Waals surface area contributed by atoms with Gasteiger partial charge in [0, 0.05) is 12.6 Å². The number of benzene rings is 2. The largest absolute Gasteiger partial charge is 0.503 e. The first-order chi connectivity index (χ1) is 16.9. The number of carboxylic acid groups (broad SMARTS) is 1. The maximum atomic E-state index is 13.3. The molecule has 0 aliphatic carbocycles. The molecule has 0 bridgehead atoms. The second-order valence-electron chi connectivity index (χ2n) is 7.99. The van der Waals surface area contributed by atoms with Crippen LogP contribution in [0.4, 0.5) is 5.13 Å². The number of hydrogen-bond acceptors (Lipinski definition) is 7. The van der Waals surface area contributed by atoms with Gasteiger partial charge in [-0.3, -0.25) is 19.5 Å². The second-order valence-corrected chi connectivity index (χ2v) is 9.00. The van der Waals surface area contributed by atoms with Crippen LogP contribution in [0.25, 0.3) is 10.2 Å². The zero-order valence-corrected chi connectivity index (χ0v) is 19.1. The van der Waals surface area contributed by atoms with Gasteiger partial charge in [0.1, 0.15) is 6.04 Å². The van der Waals surface area contributed by atoms with Crippen molar-refractivity contribution in [1.82, 2.24) is 9.97 Å². The molecule has 1 aliphatic rings. The molecule has 0 saturated heterocycles. The molecule has 1 atom stereocenters. The van der Waals surface area contributed by atoms with Gasteiger partial charge >= 0.3 is 5.97 Å². The number of ketones is 1. The van der Waals surface area contributed by atoms with Crippen molar-refractivity contribution in [3.8, 4) is 0 Å². The summed E-state index contributed by atoms with van der Waals surface area (Å²) in [5.74, 6) is -2.80. The minimum atomic E-state index is -1.07. The number of nitrogens with zero attached hydrogens (tertiary/aromatic N) is 3. The van der Waals surface area contributed by atoms with Crippen LogP contribution in [0.2, 0.25) is 0 Å². The molecule has 5 rings (SSSR count). The van der Waals surface area contributed by atoms with E-state index >= 15 is 0 Å². The van der Waals surface area contributed by atoms with Crippen molar-refractivity contribution in [2.75, 3.05) is 4.90 Å². The van der Waals surface area contributed by atoms with Gasteiger partial charge in [0.2, 0.25) is 0 Å². The van der Waals surface area contributed by atoms with Gasteiger partial charge in [0.25, 0.3) is 5.91 Å². The molecule has 35 heavy (non-hydrogen) atoms. The molecule has 3 heterocycles. The van der Waals surface area contributed by atoms with Gasteiger partial charge in [-0.05, 0) is 42.3 Å². The number of anilines is 1. The first kappa shape index (κ1) is 22.4. The fourth-order valence-corrected chi connectivity index (χ4v) is 5.12. The molecule has 4 aromatic rings. The van der Waals surface area contributed by atoms with E-state index in [-0.39, 0.29) is 28.5 Å².